The molecular weight excluding hydrogens is 592 g/mol. The van der Waals surface area contributed by atoms with Crippen molar-refractivity contribution in [3.8, 4) is 5.88 Å². The van der Waals surface area contributed by atoms with Gasteiger partial charge in [0.05, 0.1) is 33.9 Å². The molecular formula is C26H19F6N5O6. The lowest BCUT2D eigenvalue weighted by atomic mass is 9.92. The van der Waals surface area contributed by atoms with E-state index in [4.69, 9.17) is 4.74 Å². The quantitative estimate of drug-likeness (QED) is 0.178. The molecule has 5 rings (SSSR count). The zero-order valence-corrected chi connectivity index (χ0v) is 21.7. The van der Waals surface area contributed by atoms with Gasteiger partial charge in [0.15, 0.2) is 0 Å². The van der Waals surface area contributed by atoms with E-state index in [2.05, 4.69) is 19.7 Å². The molecule has 3 amide bonds. The molecule has 2 aliphatic rings. The normalized spacial score (nSPS) is 19.6. The molecule has 43 heavy (non-hydrogen) atoms. The van der Waals surface area contributed by atoms with Gasteiger partial charge in [0, 0.05) is 12.2 Å². The van der Waals surface area contributed by atoms with Crippen LogP contribution in [-0.4, -0.2) is 68.6 Å². The van der Waals surface area contributed by atoms with Gasteiger partial charge < -0.3 is 9.47 Å². The first-order valence-electron chi connectivity index (χ1n) is 12.6. The standard InChI is InChI=1S/C26H19F6N5O6/c27-25(28,29)14-8-16(10-33-9-14)36-11-20(38)37(24(36)41)15-2-4-17(5-3-15)42-21-18-6-1-13(7-19(18)34-12-35-21)22(39)43-23(40)26(30,31)32/h1,6-10,12,15,17H,2-5,11H2. The van der Waals surface area contributed by atoms with Crippen molar-refractivity contribution in [3.05, 3.63) is 54.1 Å². The van der Waals surface area contributed by atoms with E-state index in [0.717, 1.165) is 40.5 Å². The summed E-state index contributed by atoms with van der Waals surface area (Å²) < 4.78 is 86.3. The van der Waals surface area contributed by atoms with Crippen LogP contribution < -0.4 is 9.64 Å². The molecule has 1 aromatic carbocycles. The molecule has 0 bridgehead atoms. The fourth-order valence-electron chi connectivity index (χ4n) is 4.84. The van der Waals surface area contributed by atoms with Crippen LogP contribution in [0.4, 0.5) is 36.8 Å². The Hall–Kier alpha value is -4.83. The monoisotopic (exact) mass is 611 g/mol. The summed E-state index contributed by atoms with van der Waals surface area (Å²) in [5, 5.41) is 0.318. The molecule has 0 radical (unpaired) electrons. The molecule has 2 aromatic heterocycles. The maximum absolute atomic E-state index is 13.1. The number of fused-ring (bicyclic) bond motifs is 1. The number of ether oxygens (including phenoxy) is 2. The van der Waals surface area contributed by atoms with Gasteiger partial charge in [-0.25, -0.2) is 24.4 Å². The Labute approximate surface area is 237 Å². The van der Waals surface area contributed by atoms with Crippen LogP contribution in [0.25, 0.3) is 10.9 Å². The number of hydrogen-bond donors (Lipinski definition) is 0. The zero-order chi connectivity index (χ0) is 31.1. The number of urea groups is 1. The number of pyridine rings is 1. The van der Waals surface area contributed by atoms with E-state index in [1.807, 2.05) is 0 Å². The van der Waals surface area contributed by atoms with E-state index in [-0.39, 0.29) is 22.6 Å². The first-order valence-corrected chi connectivity index (χ1v) is 12.6. The van der Waals surface area contributed by atoms with Gasteiger partial charge in [-0.3, -0.25) is 19.6 Å². The number of amides is 3. The average molecular weight is 611 g/mol. The zero-order valence-electron chi connectivity index (χ0n) is 21.7. The SMILES string of the molecule is O=C(OC(=O)C(F)(F)F)c1ccc2c(OC3CCC(N4C(=O)CN(c5cncc(C(F)(F)F)c5)C4=O)CC3)ncnc2c1. The number of halogens is 6. The highest BCUT2D eigenvalue weighted by Gasteiger charge is 2.44. The van der Waals surface area contributed by atoms with E-state index in [9.17, 15) is 45.5 Å². The van der Waals surface area contributed by atoms with E-state index in [1.54, 1.807) is 0 Å². The molecule has 0 N–H and O–H groups in total. The predicted molar refractivity (Wildman–Crippen MR) is 132 cm³/mol. The Morgan fingerprint density at radius 3 is 2.33 bits per heavy atom. The molecule has 1 aliphatic carbocycles. The van der Waals surface area contributed by atoms with E-state index >= 15 is 0 Å². The minimum atomic E-state index is -5.34. The van der Waals surface area contributed by atoms with Crippen molar-refractivity contribution in [2.75, 3.05) is 11.4 Å². The molecule has 3 aromatic rings. The summed E-state index contributed by atoms with van der Waals surface area (Å²) in [6.07, 6.45) is -6.19. The number of imide groups is 1. The van der Waals surface area contributed by atoms with Crippen molar-refractivity contribution in [1.82, 2.24) is 19.9 Å². The van der Waals surface area contributed by atoms with Crippen molar-refractivity contribution >= 4 is 40.5 Å². The molecule has 1 saturated carbocycles. The lowest BCUT2D eigenvalue weighted by Gasteiger charge is -2.33. The third kappa shape index (κ3) is 6.19. The average Bonchev–Trinajstić information content (AvgIpc) is 3.25. The summed E-state index contributed by atoms with van der Waals surface area (Å²) in [7, 11) is 0. The van der Waals surface area contributed by atoms with Crippen LogP contribution in [0, 0.1) is 0 Å². The van der Waals surface area contributed by atoms with Gasteiger partial charge in [-0.1, -0.05) is 0 Å². The molecule has 3 heterocycles. The fourth-order valence-corrected chi connectivity index (χ4v) is 4.84. The van der Waals surface area contributed by atoms with Crippen molar-refractivity contribution in [1.29, 1.82) is 0 Å². The number of aromatic nitrogens is 3. The topological polar surface area (TPSA) is 132 Å². The molecule has 0 spiro atoms. The van der Waals surface area contributed by atoms with Gasteiger partial charge in [-0.05, 0) is 49.9 Å². The second-order valence-electron chi connectivity index (χ2n) is 9.70. The van der Waals surface area contributed by atoms with Crippen molar-refractivity contribution < 1.29 is 55.0 Å². The molecule has 0 unspecified atom stereocenters. The first-order chi connectivity index (χ1) is 20.2. The van der Waals surface area contributed by atoms with Gasteiger partial charge in [0.25, 0.3) is 5.91 Å². The smallest absolute Gasteiger partial charge is 0.474 e. The lowest BCUT2D eigenvalue weighted by molar-refractivity contribution is -0.193. The number of carbonyl (C=O) groups excluding carboxylic acids is 4. The van der Waals surface area contributed by atoms with Gasteiger partial charge in [0.1, 0.15) is 19.0 Å². The third-order valence-electron chi connectivity index (χ3n) is 6.90. The summed E-state index contributed by atoms with van der Waals surface area (Å²) in [5.74, 6) is -4.62. The first kappa shape index (κ1) is 29.7. The van der Waals surface area contributed by atoms with Crippen molar-refractivity contribution in [3.63, 3.8) is 0 Å². The highest BCUT2D eigenvalue weighted by molar-refractivity contribution is 6.12. The summed E-state index contributed by atoms with van der Waals surface area (Å²) >= 11 is 0. The number of benzene rings is 1. The van der Waals surface area contributed by atoms with Crippen LogP contribution in [0.3, 0.4) is 0 Å². The van der Waals surface area contributed by atoms with Gasteiger partial charge in [0.2, 0.25) is 5.88 Å². The minimum Gasteiger partial charge on any atom is -0.474 e. The van der Waals surface area contributed by atoms with E-state index in [0.29, 0.717) is 37.3 Å². The second-order valence-corrected chi connectivity index (χ2v) is 9.70. The molecule has 1 saturated heterocycles. The van der Waals surface area contributed by atoms with Gasteiger partial charge >= 0.3 is 30.3 Å². The number of rotatable bonds is 5. The number of esters is 2. The maximum atomic E-state index is 13.1. The van der Waals surface area contributed by atoms with Crippen LogP contribution in [0.15, 0.2) is 43.0 Å². The molecule has 17 heteroatoms. The van der Waals surface area contributed by atoms with Crippen molar-refractivity contribution in [2.24, 2.45) is 0 Å². The summed E-state index contributed by atoms with van der Waals surface area (Å²) in [5.41, 5.74) is -1.42. The molecule has 0 atom stereocenters. The van der Waals surface area contributed by atoms with E-state index in [1.165, 1.54) is 6.07 Å². The van der Waals surface area contributed by atoms with Crippen LogP contribution >= 0.6 is 0 Å². The Morgan fingerprint density at radius 1 is 0.930 bits per heavy atom. The summed E-state index contributed by atoms with van der Waals surface area (Å²) in [6.45, 7) is -0.426. The highest BCUT2D eigenvalue weighted by atomic mass is 19.4. The Bertz CT molecular complexity index is 1610. The van der Waals surface area contributed by atoms with Gasteiger partial charge in [-0.2, -0.15) is 26.3 Å². The fraction of sp³-hybridized carbons (Fsp3) is 0.346. The minimum absolute atomic E-state index is 0.108. The largest absolute Gasteiger partial charge is 0.491 e. The summed E-state index contributed by atoms with van der Waals surface area (Å²) in [4.78, 5) is 62.3. The van der Waals surface area contributed by atoms with E-state index < -0.39 is 60.5 Å². The molecule has 226 valence electrons. The third-order valence-corrected chi connectivity index (χ3v) is 6.90. The van der Waals surface area contributed by atoms with Gasteiger partial charge in [-0.15, -0.1) is 0 Å². The number of carbonyl (C=O) groups is 4. The van der Waals surface area contributed by atoms with Crippen LogP contribution in [0.1, 0.15) is 41.6 Å². The van der Waals surface area contributed by atoms with Crippen LogP contribution in [0.5, 0.6) is 5.88 Å². The summed E-state index contributed by atoms with van der Waals surface area (Å²) in [6, 6.07) is 3.05. The highest BCUT2D eigenvalue weighted by Crippen LogP contribution is 2.34. The maximum Gasteiger partial charge on any atom is 0.491 e. The Kier molecular flexibility index (Phi) is 7.66. The van der Waals surface area contributed by atoms with Crippen molar-refractivity contribution in [2.45, 2.75) is 50.2 Å². The lowest BCUT2D eigenvalue weighted by Crippen LogP contribution is -2.44. The van der Waals surface area contributed by atoms with Crippen LogP contribution in [0.2, 0.25) is 0 Å². The predicted octanol–water partition coefficient (Wildman–Crippen LogP) is 4.45. The Balaban J connectivity index is 1.22. The Morgan fingerprint density at radius 2 is 1.65 bits per heavy atom. The molecule has 1 aliphatic heterocycles. The molecule has 11 nitrogen and oxygen atoms in total. The molecule has 2 fully saturated rings. The number of hydrogen-bond acceptors (Lipinski definition) is 9. The number of anilines is 1. The number of alkyl halides is 6. The number of nitrogens with zero attached hydrogens (tertiary/aromatic N) is 5. The van der Waals surface area contributed by atoms with Crippen LogP contribution in [-0.2, 0) is 20.5 Å². The second kappa shape index (κ2) is 11.1.